The molecule has 0 bridgehead atoms. The Kier molecular flexibility index (Phi) is 10.3. The third-order valence-corrected chi connectivity index (χ3v) is 6.00. The van der Waals surface area contributed by atoms with Gasteiger partial charge in [-0.2, -0.15) is 0 Å². The van der Waals surface area contributed by atoms with Gasteiger partial charge in [-0.05, 0) is 36.3 Å². The second kappa shape index (κ2) is 12.9. The summed E-state index contributed by atoms with van der Waals surface area (Å²) in [6.07, 6.45) is 3.04. The van der Waals surface area contributed by atoms with Gasteiger partial charge in [-0.3, -0.25) is 19.2 Å². The third kappa shape index (κ3) is 8.10. The monoisotopic (exact) mass is 487 g/mol. The zero-order valence-corrected chi connectivity index (χ0v) is 20.8. The normalized spacial score (nSPS) is 14.7. The molecule has 4 unspecified atom stereocenters. The molecule has 0 aliphatic carbocycles. The Hall–Kier alpha value is -3.40. The predicted octanol–water partition coefficient (Wildman–Crippen LogP) is 1.30. The van der Waals surface area contributed by atoms with Gasteiger partial charge in [0.05, 0.1) is 6.04 Å². The summed E-state index contributed by atoms with van der Waals surface area (Å²) in [5.41, 5.74) is 8.05. The number of carboxylic acids is 1. The van der Waals surface area contributed by atoms with E-state index < -0.39 is 48.4 Å². The molecule has 0 radical (unpaired) electrons. The lowest BCUT2D eigenvalue weighted by molar-refractivity contribution is -0.138. The van der Waals surface area contributed by atoms with E-state index in [4.69, 9.17) is 10.8 Å². The maximum atomic E-state index is 13.2. The molecule has 35 heavy (non-hydrogen) atoms. The van der Waals surface area contributed by atoms with Crippen LogP contribution >= 0.6 is 0 Å². The number of aromatic nitrogens is 1. The Morgan fingerprint density at radius 1 is 1.03 bits per heavy atom. The fraction of sp³-hybridized carbons (Fsp3) is 0.520. The molecule has 10 nitrogen and oxygen atoms in total. The van der Waals surface area contributed by atoms with Crippen LogP contribution in [0.2, 0.25) is 0 Å². The highest BCUT2D eigenvalue weighted by Gasteiger charge is 2.31. The molecule has 0 aliphatic heterocycles. The van der Waals surface area contributed by atoms with Gasteiger partial charge in [-0.25, -0.2) is 0 Å². The van der Waals surface area contributed by atoms with Crippen LogP contribution in [0.15, 0.2) is 30.5 Å². The molecule has 0 saturated heterocycles. The summed E-state index contributed by atoms with van der Waals surface area (Å²) in [6, 6.07) is 5.01. The first-order valence-electron chi connectivity index (χ1n) is 11.9. The smallest absolute Gasteiger partial charge is 0.322 e. The van der Waals surface area contributed by atoms with E-state index in [1.165, 1.54) is 0 Å². The van der Waals surface area contributed by atoms with Crippen molar-refractivity contribution in [2.45, 2.75) is 65.1 Å². The summed E-state index contributed by atoms with van der Waals surface area (Å²) >= 11 is 0. The van der Waals surface area contributed by atoms with Crippen molar-refractivity contribution >= 4 is 34.6 Å². The number of aromatic amines is 1. The summed E-state index contributed by atoms with van der Waals surface area (Å²) in [4.78, 5) is 52.6. The number of hydrogen-bond donors (Lipinski definition) is 6. The van der Waals surface area contributed by atoms with E-state index in [1.54, 1.807) is 0 Å². The second-order valence-electron chi connectivity index (χ2n) is 9.34. The van der Waals surface area contributed by atoms with Gasteiger partial charge in [0, 0.05) is 17.1 Å². The Morgan fingerprint density at radius 2 is 1.71 bits per heavy atom. The SMILES string of the molecule is CCC(C)C(NC(=O)C(N)Cc1c[nH]c2ccccc12)C(=O)NC(CC(C)C)C(=O)NCC(=O)O. The van der Waals surface area contributed by atoms with Crippen molar-refractivity contribution in [3.05, 3.63) is 36.0 Å². The number of benzene rings is 1. The largest absolute Gasteiger partial charge is 0.480 e. The highest BCUT2D eigenvalue weighted by molar-refractivity contribution is 5.94. The van der Waals surface area contributed by atoms with Crippen LogP contribution in [-0.2, 0) is 25.6 Å². The number of hydrogen-bond acceptors (Lipinski definition) is 5. The number of aliphatic carboxylic acids is 1. The molecule has 192 valence electrons. The van der Waals surface area contributed by atoms with E-state index in [9.17, 15) is 19.2 Å². The first-order valence-corrected chi connectivity index (χ1v) is 11.9. The van der Waals surface area contributed by atoms with E-state index >= 15 is 0 Å². The lowest BCUT2D eigenvalue weighted by Gasteiger charge is -2.28. The van der Waals surface area contributed by atoms with Crippen LogP contribution in [0, 0.1) is 11.8 Å². The van der Waals surface area contributed by atoms with Crippen molar-refractivity contribution in [3.8, 4) is 0 Å². The maximum Gasteiger partial charge on any atom is 0.322 e. The molecular weight excluding hydrogens is 450 g/mol. The van der Waals surface area contributed by atoms with Crippen molar-refractivity contribution in [3.63, 3.8) is 0 Å². The summed E-state index contributed by atoms with van der Waals surface area (Å²) in [7, 11) is 0. The van der Waals surface area contributed by atoms with Gasteiger partial charge >= 0.3 is 5.97 Å². The average molecular weight is 488 g/mol. The molecule has 4 atom stereocenters. The van der Waals surface area contributed by atoms with Crippen LogP contribution in [0.4, 0.5) is 0 Å². The quantitative estimate of drug-likeness (QED) is 0.249. The van der Waals surface area contributed by atoms with Gasteiger partial charge in [-0.1, -0.05) is 52.3 Å². The number of H-pyrrole nitrogens is 1. The van der Waals surface area contributed by atoms with Crippen molar-refractivity contribution < 1.29 is 24.3 Å². The molecule has 10 heteroatoms. The maximum absolute atomic E-state index is 13.2. The first kappa shape index (κ1) is 27.8. The van der Waals surface area contributed by atoms with Gasteiger partial charge < -0.3 is 31.8 Å². The molecule has 0 spiro atoms. The molecule has 0 fully saturated rings. The highest BCUT2D eigenvalue weighted by Crippen LogP contribution is 2.19. The summed E-state index contributed by atoms with van der Waals surface area (Å²) in [5.74, 6) is -2.89. The fourth-order valence-corrected chi connectivity index (χ4v) is 3.84. The summed E-state index contributed by atoms with van der Waals surface area (Å²) in [6.45, 7) is 6.96. The molecule has 0 aliphatic rings. The molecule has 1 heterocycles. The first-order chi connectivity index (χ1) is 16.5. The molecule has 3 amide bonds. The minimum atomic E-state index is -1.18. The minimum absolute atomic E-state index is 0.0668. The number of carbonyl (C=O) groups excluding carboxylic acids is 3. The molecule has 2 aromatic rings. The molecular formula is C25H37N5O5. The van der Waals surface area contributed by atoms with E-state index in [2.05, 4.69) is 20.9 Å². The standard InChI is InChI=1S/C25H37N5O5/c1-5-15(4)22(25(35)29-20(10-14(2)3)24(34)28-13-21(31)32)30-23(33)18(26)11-16-12-27-19-9-7-6-8-17(16)19/h6-9,12,14-15,18,20,22,27H,5,10-11,13,26H2,1-4H3,(H,28,34)(H,29,35)(H,30,33)(H,31,32). The summed E-state index contributed by atoms with van der Waals surface area (Å²) in [5, 5.41) is 17.6. The second-order valence-corrected chi connectivity index (χ2v) is 9.34. The van der Waals surface area contributed by atoms with Gasteiger partial charge in [0.25, 0.3) is 0 Å². The lowest BCUT2D eigenvalue weighted by atomic mass is 9.96. The number of para-hydroxylation sites is 1. The summed E-state index contributed by atoms with van der Waals surface area (Å²) < 4.78 is 0. The molecule has 1 aromatic carbocycles. The van der Waals surface area contributed by atoms with Crippen molar-refractivity contribution in [1.82, 2.24) is 20.9 Å². The van der Waals surface area contributed by atoms with E-state index in [0.29, 0.717) is 12.8 Å². The van der Waals surface area contributed by atoms with Crippen LogP contribution in [0.25, 0.3) is 10.9 Å². The Bertz CT molecular complexity index is 1030. The lowest BCUT2D eigenvalue weighted by Crippen LogP contribution is -2.58. The van der Waals surface area contributed by atoms with E-state index in [0.717, 1.165) is 16.5 Å². The van der Waals surface area contributed by atoms with Crippen molar-refractivity contribution in [1.29, 1.82) is 0 Å². The number of rotatable bonds is 13. The van der Waals surface area contributed by atoms with Gasteiger partial charge in [0.1, 0.15) is 18.6 Å². The number of amides is 3. The van der Waals surface area contributed by atoms with Crippen LogP contribution < -0.4 is 21.7 Å². The van der Waals surface area contributed by atoms with Crippen LogP contribution in [0.1, 0.15) is 46.1 Å². The van der Waals surface area contributed by atoms with E-state index in [-0.39, 0.29) is 18.3 Å². The van der Waals surface area contributed by atoms with Gasteiger partial charge in [0.15, 0.2) is 0 Å². The zero-order valence-electron chi connectivity index (χ0n) is 20.8. The number of carboxylic acid groups (broad SMARTS) is 1. The molecule has 1 aromatic heterocycles. The number of nitrogens with two attached hydrogens (primary N) is 1. The third-order valence-electron chi connectivity index (χ3n) is 6.00. The molecule has 2 rings (SSSR count). The van der Waals surface area contributed by atoms with Crippen LogP contribution in [-0.4, -0.2) is 58.5 Å². The predicted molar refractivity (Wildman–Crippen MR) is 133 cm³/mol. The van der Waals surface area contributed by atoms with Gasteiger partial charge in [-0.15, -0.1) is 0 Å². The number of carbonyl (C=O) groups is 4. The van der Waals surface area contributed by atoms with Crippen LogP contribution in [0.3, 0.4) is 0 Å². The van der Waals surface area contributed by atoms with Crippen molar-refractivity contribution in [2.24, 2.45) is 17.6 Å². The fourth-order valence-electron chi connectivity index (χ4n) is 3.84. The Morgan fingerprint density at radius 3 is 2.34 bits per heavy atom. The van der Waals surface area contributed by atoms with Crippen molar-refractivity contribution in [2.75, 3.05) is 6.54 Å². The Balaban J connectivity index is 2.10. The average Bonchev–Trinajstić information content (AvgIpc) is 3.22. The number of nitrogens with one attached hydrogen (secondary N) is 4. The molecule has 0 saturated carbocycles. The van der Waals surface area contributed by atoms with Crippen LogP contribution in [0.5, 0.6) is 0 Å². The van der Waals surface area contributed by atoms with Gasteiger partial charge in [0.2, 0.25) is 17.7 Å². The molecule has 7 N–H and O–H groups in total. The van der Waals surface area contributed by atoms with E-state index in [1.807, 2.05) is 58.2 Å². The highest BCUT2D eigenvalue weighted by atomic mass is 16.4. The number of fused-ring (bicyclic) bond motifs is 1. The zero-order chi connectivity index (χ0) is 26.1. The Labute approximate surface area is 205 Å². The minimum Gasteiger partial charge on any atom is -0.480 e. The topological polar surface area (TPSA) is 166 Å².